The second kappa shape index (κ2) is 4.83. The molecule has 1 aliphatic carbocycles. The van der Waals surface area contributed by atoms with Gasteiger partial charge in [-0.25, -0.2) is 0 Å². The summed E-state index contributed by atoms with van der Waals surface area (Å²) >= 11 is 9.77. The summed E-state index contributed by atoms with van der Waals surface area (Å²) in [5.41, 5.74) is 1.59. The summed E-state index contributed by atoms with van der Waals surface area (Å²) in [6.45, 7) is 0. The molecule has 0 saturated carbocycles. The summed E-state index contributed by atoms with van der Waals surface area (Å²) in [6.07, 6.45) is 0. The van der Waals surface area contributed by atoms with Gasteiger partial charge >= 0.3 is 0 Å². The van der Waals surface area contributed by atoms with Crippen LogP contribution in [0.25, 0.3) is 0 Å². The maximum Gasteiger partial charge on any atom is 0.190 e. The highest BCUT2D eigenvalue weighted by atomic mass is 79.9. The van der Waals surface area contributed by atoms with E-state index in [0.717, 1.165) is 5.56 Å². The molecule has 3 rings (SSSR count). The fourth-order valence-electron chi connectivity index (χ4n) is 2.46. The highest BCUT2D eigenvalue weighted by Gasteiger charge is 2.56. The highest BCUT2D eigenvalue weighted by Crippen LogP contribution is 2.48. The molecule has 0 spiro atoms. The Bertz CT molecular complexity index is 662. The van der Waals surface area contributed by atoms with E-state index in [0.29, 0.717) is 11.1 Å². The van der Waals surface area contributed by atoms with Crippen LogP contribution in [0.4, 0.5) is 0 Å². The maximum absolute atomic E-state index is 12.6. The molecule has 1 aliphatic rings. The minimum atomic E-state index is -1.42. The maximum atomic E-state index is 12.6. The summed E-state index contributed by atoms with van der Waals surface area (Å²) in [5.74, 6) is -0.552. The van der Waals surface area contributed by atoms with Gasteiger partial charge in [-0.3, -0.25) is 9.59 Å². The predicted octanol–water partition coefficient (Wildman–Crippen LogP) is 4.18. The first-order valence-electron chi connectivity index (χ1n) is 6.13. The van der Waals surface area contributed by atoms with Crippen molar-refractivity contribution in [3.8, 4) is 0 Å². The van der Waals surface area contributed by atoms with E-state index < -0.39 is 9.70 Å². The number of Topliss-reactive ketones (excluding diaryl/α,β-unsaturated/α-hetero) is 2. The Labute approximate surface area is 129 Å². The third-order valence-electron chi connectivity index (χ3n) is 3.52. The standard InChI is InChI=1S/C16H10BrClO2/c17-16(13(18)10-6-2-1-3-7-10)14(19)11-8-4-5-9-12(11)15(16)20/h1-9,13H/t13-/m1/s1. The molecule has 1 atom stereocenters. The smallest absolute Gasteiger partial charge is 0.190 e. The van der Waals surface area contributed by atoms with Crippen LogP contribution >= 0.6 is 27.5 Å². The number of benzene rings is 2. The quantitative estimate of drug-likeness (QED) is 0.602. The van der Waals surface area contributed by atoms with Crippen molar-refractivity contribution in [3.05, 3.63) is 71.3 Å². The van der Waals surface area contributed by atoms with Crippen molar-refractivity contribution in [1.82, 2.24) is 0 Å². The first-order chi connectivity index (χ1) is 9.56. The number of carbonyl (C=O) groups is 2. The van der Waals surface area contributed by atoms with E-state index in [9.17, 15) is 9.59 Å². The van der Waals surface area contributed by atoms with Crippen LogP contribution in [0.5, 0.6) is 0 Å². The zero-order valence-corrected chi connectivity index (χ0v) is 12.7. The molecular formula is C16H10BrClO2. The predicted molar refractivity (Wildman–Crippen MR) is 81.8 cm³/mol. The van der Waals surface area contributed by atoms with Crippen LogP contribution in [0, 0.1) is 0 Å². The molecule has 4 heteroatoms. The number of hydrogen-bond donors (Lipinski definition) is 0. The van der Waals surface area contributed by atoms with Crippen molar-refractivity contribution in [3.63, 3.8) is 0 Å². The number of alkyl halides is 2. The Morgan fingerprint density at radius 2 is 1.30 bits per heavy atom. The molecule has 0 radical (unpaired) electrons. The highest BCUT2D eigenvalue weighted by molar-refractivity contribution is 9.10. The average molecular weight is 350 g/mol. The van der Waals surface area contributed by atoms with Gasteiger partial charge in [0.2, 0.25) is 0 Å². The fourth-order valence-corrected chi connectivity index (χ4v) is 3.49. The molecule has 0 saturated heterocycles. The van der Waals surface area contributed by atoms with Gasteiger partial charge in [0.25, 0.3) is 0 Å². The summed E-state index contributed by atoms with van der Waals surface area (Å²) in [6, 6.07) is 16.0. The van der Waals surface area contributed by atoms with Crippen molar-refractivity contribution >= 4 is 39.1 Å². The molecule has 0 fully saturated rings. The van der Waals surface area contributed by atoms with E-state index in [4.69, 9.17) is 11.6 Å². The van der Waals surface area contributed by atoms with Gasteiger partial charge in [-0.05, 0) is 5.56 Å². The molecule has 0 bridgehead atoms. The molecule has 0 amide bonds. The lowest BCUT2D eigenvalue weighted by atomic mass is 9.94. The normalized spacial score (nSPS) is 17.9. The monoisotopic (exact) mass is 348 g/mol. The van der Waals surface area contributed by atoms with E-state index in [1.165, 1.54) is 0 Å². The van der Waals surface area contributed by atoms with E-state index in [2.05, 4.69) is 15.9 Å². The Morgan fingerprint density at radius 1 is 0.850 bits per heavy atom. The summed E-state index contributed by atoms with van der Waals surface area (Å²) in [7, 11) is 0. The van der Waals surface area contributed by atoms with E-state index in [1.54, 1.807) is 24.3 Å². The number of fused-ring (bicyclic) bond motifs is 1. The largest absolute Gasteiger partial charge is 0.292 e. The van der Waals surface area contributed by atoms with Gasteiger partial charge in [0, 0.05) is 11.1 Å². The minimum absolute atomic E-state index is 0.276. The molecule has 20 heavy (non-hydrogen) atoms. The third-order valence-corrected chi connectivity index (χ3v) is 5.54. The lowest BCUT2D eigenvalue weighted by molar-refractivity contribution is 0.0869. The number of ketones is 2. The van der Waals surface area contributed by atoms with Gasteiger partial charge in [0.05, 0.1) is 5.38 Å². The molecule has 2 aromatic carbocycles. The van der Waals surface area contributed by atoms with Crippen LogP contribution in [0.15, 0.2) is 54.6 Å². The van der Waals surface area contributed by atoms with Crippen molar-refractivity contribution in [2.75, 3.05) is 0 Å². The molecule has 0 unspecified atom stereocenters. The first kappa shape index (κ1) is 13.5. The number of hydrogen-bond acceptors (Lipinski definition) is 2. The summed E-state index contributed by atoms with van der Waals surface area (Å²) < 4.78 is -1.42. The summed E-state index contributed by atoms with van der Waals surface area (Å²) in [5, 5.41) is -0.754. The van der Waals surface area contributed by atoms with Gasteiger partial charge in [-0.1, -0.05) is 70.5 Å². The number of rotatable bonds is 2. The molecular weight excluding hydrogens is 340 g/mol. The summed E-state index contributed by atoms with van der Waals surface area (Å²) in [4.78, 5) is 25.2. The Balaban J connectivity index is 2.11. The van der Waals surface area contributed by atoms with Crippen LogP contribution in [-0.4, -0.2) is 15.9 Å². The Kier molecular flexibility index (Phi) is 3.27. The van der Waals surface area contributed by atoms with E-state index in [-0.39, 0.29) is 11.6 Å². The van der Waals surface area contributed by atoms with E-state index in [1.807, 2.05) is 30.3 Å². The average Bonchev–Trinajstić information content (AvgIpc) is 2.71. The molecule has 0 N–H and O–H groups in total. The van der Waals surface area contributed by atoms with Crippen molar-refractivity contribution in [2.45, 2.75) is 9.70 Å². The van der Waals surface area contributed by atoms with E-state index >= 15 is 0 Å². The zero-order valence-electron chi connectivity index (χ0n) is 10.3. The van der Waals surface area contributed by atoms with Crippen LogP contribution in [0.3, 0.4) is 0 Å². The third kappa shape index (κ3) is 1.77. The molecule has 2 aromatic rings. The van der Waals surface area contributed by atoms with Crippen LogP contribution in [0.1, 0.15) is 31.7 Å². The molecule has 0 aliphatic heterocycles. The van der Waals surface area contributed by atoms with Crippen molar-refractivity contribution in [1.29, 1.82) is 0 Å². The number of halogens is 2. The molecule has 2 nitrogen and oxygen atoms in total. The second-order valence-electron chi connectivity index (χ2n) is 4.69. The van der Waals surface area contributed by atoms with Crippen molar-refractivity contribution < 1.29 is 9.59 Å². The molecule has 0 heterocycles. The lowest BCUT2D eigenvalue weighted by Gasteiger charge is -2.24. The van der Waals surface area contributed by atoms with Gasteiger partial charge in [0.1, 0.15) is 0 Å². The zero-order chi connectivity index (χ0) is 14.3. The second-order valence-corrected chi connectivity index (χ2v) is 6.38. The molecule has 0 aromatic heterocycles. The SMILES string of the molecule is O=C1c2ccccc2C(=O)C1(Br)[C@H](Cl)c1ccccc1. The lowest BCUT2D eigenvalue weighted by Crippen LogP contribution is -2.38. The van der Waals surface area contributed by atoms with Crippen LogP contribution in [-0.2, 0) is 0 Å². The molecule has 100 valence electrons. The Hall–Kier alpha value is -1.45. The van der Waals surface area contributed by atoms with Gasteiger partial charge in [-0.2, -0.15) is 0 Å². The first-order valence-corrected chi connectivity index (χ1v) is 7.36. The van der Waals surface area contributed by atoms with Gasteiger partial charge < -0.3 is 0 Å². The Morgan fingerprint density at radius 3 is 1.80 bits per heavy atom. The number of carbonyl (C=O) groups excluding carboxylic acids is 2. The topological polar surface area (TPSA) is 34.1 Å². The van der Waals surface area contributed by atoms with Gasteiger partial charge in [-0.15, -0.1) is 11.6 Å². The van der Waals surface area contributed by atoms with Gasteiger partial charge in [0.15, 0.2) is 15.9 Å². The minimum Gasteiger partial charge on any atom is -0.292 e. The van der Waals surface area contributed by atoms with Crippen LogP contribution in [0.2, 0.25) is 0 Å². The fraction of sp³-hybridized carbons (Fsp3) is 0.125. The van der Waals surface area contributed by atoms with Crippen molar-refractivity contribution in [2.24, 2.45) is 0 Å². The van der Waals surface area contributed by atoms with Crippen LogP contribution < -0.4 is 0 Å².